The molecule has 0 bridgehead atoms. The van der Waals surface area contributed by atoms with Gasteiger partial charge in [0.2, 0.25) is 5.91 Å². The number of amides is 1. The van der Waals surface area contributed by atoms with E-state index in [9.17, 15) is 4.79 Å². The Kier molecular flexibility index (Phi) is 6.08. The molecule has 3 aromatic rings. The van der Waals surface area contributed by atoms with Crippen molar-refractivity contribution in [3.8, 4) is 11.1 Å². The van der Waals surface area contributed by atoms with Crippen LogP contribution in [0.5, 0.6) is 0 Å². The zero-order chi connectivity index (χ0) is 23.2. The van der Waals surface area contributed by atoms with Crippen molar-refractivity contribution < 1.29 is 13.6 Å². The fourth-order valence-corrected chi connectivity index (χ4v) is 5.69. The Morgan fingerprint density at radius 2 is 2.19 bits per heavy atom. The second-order valence-corrected chi connectivity index (χ2v) is 10.7. The predicted octanol–water partition coefficient (Wildman–Crippen LogP) is 5.76. The van der Waals surface area contributed by atoms with E-state index in [0.717, 1.165) is 20.9 Å². The highest BCUT2D eigenvalue weighted by atomic mass is 32.1. The molecule has 1 aliphatic rings. The standard InChI is InChI=1S/C24H26F2N3OPS/c1-5-21(30)28-11-17(16-10-14(3)32-20(16)13-28)15-8-7-9-19(25)22(15)18-12-29(6-2)27-23(18)24(4,26)31/h5,7-10,12,17H,1,6,11,13,31H2,2-4H3/t17-,24?/m0/s1. The molecule has 1 amide bonds. The summed E-state index contributed by atoms with van der Waals surface area (Å²) >= 11 is 1.64. The molecule has 0 radical (unpaired) electrons. The first-order valence-corrected chi connectivity index (χ1v) is 11.9. The van der Waals surface area contributed by atoms with E-state index in [0.29, 0.717) is 30.8 Å². The summed E-state index contributed by atoms with van der Waals surface area (Å²) in [5, 5.41) is 2.56. The second kappa shape index (κ2) is 8.53. The van der Waals surface area contributed by atoms with Crippen molar-refractivity contribution in [3.63, 3.8) is 0 Å². The van der Waals surface area contributed by atoms with Crippen LogP contribution in [0.4, 0.5) is 8.78 Å². The molecule has 2 unspecified atom stereocenters. The summed E-state index contributed by atoms with van der Waals surface area (Å²) < 4.78 is 32.1. The summed E-state index contributed by atoms with van der Waals surface area (Å²) in [5.74, 6) is -0.841. The van der Waals surface area contributed by atoms with Gasteiger partial charge in [-0.2, -0.15) is 5.10 Å². The third-order valence-corrected chi connectivity index (χ3v) is 7.13. The maximum absolute atomic E-state index is 15.4. The van der Waals surface area contributed by atoms with Crippen molar-refractivity contribution in [2.45, 2.75) is 45.2 Å². The van der Waals surface area contributed by atoms with Crippen molar-refractivity contribution >= 4 is 26.5 Å². The van der Waals surface area contributed by atoms with E-state index in [1.54, 1.807) is 33.2 Å². The van der Waals surface area contributed by atoms with E-state index in [4.69, 9.17) is 0 Å². The van der Waals surface area contributed by atoms with Gasteiger partial charge in [-0.05, 0) is 50.1 Å². The zero-order valence-electron chi connectivity index (χ0n) is 18.4. The summed E-state index contributed by atoms with van der Waals surface area (Å²) in [5.41, 5.74) is 2.75. The number of thiophene rings is 1. The summed E-state index contributed by atoms with van der Waals surface area (Å²) in [6.07, 6.45) is 3.01. The Morgan fingerprint density at radius 1 is 1.44 bits per heavy atom. The van der Waals surface area contributed by atoms with Crippen LogP contribution in [0.1, 0.15) is 46.3 Å². The van der Waals surface area contributed by atoms with Gasteiger partial charge >= 0.3 is 0 Å². The molecule has 0 fully saturated rings. The molecule has 1 aliphatic heterocycles. The lowest BCUT2D eigenvalue weighted by Crippen LogP contribution is -2.37. The molecule has 4 nitrogen and oxygen atoms in total. The molecule has 1 aromatic carbocycles. The number of alkyl halides is 1. The maximum Gasteiger partial charge on any atom is 0.246 e. The third-order valence-electron chi connectivity index (χ3n) is 5.80. The Balaban J connectivity index is 1.94. The van der Waals surface area contributed by atoms with Crippen molar-refractivity contribution in [1.29, 1.82) is 0 Å². The molecule has 4 rings (SSSR count). The minimum absolute atomic E-state index is 0.162. The van der Waals surface area contributed by atoms with Crippen LogP contribution in [0.25, 0.3) is 11.1 Å². The lowest BCUT2D eigenvalue weighted by Gasteiger charge is -2.33. The number of aryl methyl sites for hydroxylation is 2. The van der Waals surface area contributed by atoms with Crippen LogP contribution < -0.4 is 0 Å². The topological polar surface area (TPSA) is 38.1 Å². The minimum Gasteiger partial charge on any atom is -0.333 e. The number of carbonyl (C=O) groups excluding carboxylic acids is 1. The van der Waals surface area contributed by atoms with Gasteiger partial charge in [0.15, 0.2) is 5.41 Å². The van der Waals surface area contributed by atoms with Crippen LogP contribution in [-0.4, -0.2) is 27.1 Å². The Labute approximate surface area is 193 Å². The van der Waals surface area contributed by atoms with Gasteiger partial charge < -0.3 is 4.90 Å². The summed E-state index contributed by atoms with van der Waals surface area (Å²) in [7, 11) is 2.16. The molecule has 168 valence electrons. The van der Waals surface area contributed by atoms with Crippen molar-refractivity contribution in [1.82, 2.24) is 14.7 Å². The number of halogens is 2. The molecule has 8 heteroatoms. The number of benzene rings is 1. The van der Waals surface area contributed by atoms with Crippen LogP contribution >= 0.6 is 20.6 Å². The van der Waals surface area contributed by atoms with Gasteiger partial charge in [0.1, 0.15) is 11.5 Å². The molecule has 32 heavy (non-hydrogen) atoms. The Hall–Kier alpha value is -2.37. The lowest BCUT2D eigenvalue weighted by molar-refractivity contribution is -0.127. The van der Waals surface area contributed by atoms with Gasteiger partial charge in [-0.1, -0.05) is 28.0 Å². The van der Waals surface area contributed by atoms with Crippen LogP contribution in [0.15, 0.2) is 43.1 Å². The molecule has 0 saturated heterocycles. The van der Waals surface area contributed by atoms with E-state index in [2.05, 4.69) is 27.0 Å². The van der Waals surface area contributed by atoms with Gasteiger partial charge in [0.05, 0.1) is 6.54 Å². The van der Waals surface area contributed by atoms with Gasteiger partial charge in [0.25, 0.3) is 0 Å². The van der Waals surface area contributed by atoms with Gasteiger partial charge in [0, 0.05) is 46.1 Å². The summed E-state index contributed by atoms with van der Waals surface area (Å²) in [6.45, 7) is 10.4. The lowest BCUT2D eigenvalue weighted by atomic mass is 9.83. The Morgan fingerprint density at radius 3 is 2.84 bits per heavy atom. The number of hydrogen-bond donors (Lipinski definition) is 0. The van der Waals surface area contributed by atoms with E-state index >= 15 is 8.78 Å². The highest BCUT2D eigenvalue weighted by Crippen LogP contribution is 2.45. The SMILES string of the molecule is C=CC(=O)N1Cc2sc(C)cc2[C@H](c2cccc(F)c2-c2cn(CC)nc2C(C)(F)P)C1. The molecule has 3 heterocycles. The maximum atomic E-state index is 15.4. The van der Waals surface area contributed by atoms with Gasteiger partial charge in [-0.15, -0.1) is 11.3 Å². The average molecular weight is 474 g/mol. The molecule has 0 aliphatic carbocycles. The van der Waals surface area contributed by atoms with E-state index < -0.39 is 11.2 Å². The van der Waals surface area contributed by atoms with Crippen molar-refractivity contribution in [2.24, 2.45) is 0 Å². The number of nitrogens with zero attached hydrogens (tertiary/aromatic N) is 3. The largest absolute Gasteiger partial charge is 0.333 e. The molecule has 2 aromatic heterocycles. The first kappa shape index (κ1) is 22.8. The normalized spacial score (nSPS) is 17.7. The third kappa shape index (κ3) is 4.04. The molecular formula is C24H26F2N3OPS. The predicted molar refractivity (Wildman–Crippen MR) is 128 cm³/mol. The minimum atomic E-state index is -1.82. The first-order chi connectivity index (χ1) is 15.1. The number of carbonyl (C=O) groups is 1. The highest BCUT2D eigenvalue weighted by Gasteiger charge is 2.35. The molecular weight excluding hydrogens is 447 g/mol. The number of hydrogen-bond acceptors (Lipinski definition) is 3. The molecule has 0 saturated carbocycles. The monoisotopic (exact) mass is 473 g/mol. The van der Waals surface area contributed by atoms with Gasteiger partial charge in [-0.3, -0.25) is 9.48 Å². The van der Waals surface area contributed by atoms with Crippen LogP contribution in [-0.2, 0) is 23.3 Å². The van der Waals surface area contributed by atoms with Crippen molar-refractivity contribution in [2.75, 3.05) is 6.54 Å². The van der Waals surface area contributed by atoms with Crippen LogP contribution in [0, 0.1) is 12.7 Å². The van der Waals surface area contributed by atoms with E-state index in [-0.39, 0.29) is 17.5 Å². The fraction of sp³-hybridized carbons (Fsp3) is 0.333. The highest BCUT2D eigenvalue weighted by molar-refractivity contribution is 7.18. The number of rotatable bonds is 5. The van der Waals surface area contributed by atoms with Gasteiger partial charge in [-0.25, -0.2) is 8.78 Å². The molecule has 3 atom stereocenters. The van der Waals surface area contributed by atoms with Crippen LogP contribution in [0.2, 0.25) is 0 Å². The first-order valence-electron chi connectivity index (χ1n) is 10.5. The quantitative estimate of drug-likeness (QED) is 0.349. The molecule has 0 spiro atoms. The fourth-order valence-electron chi connectivity index (χ4n) is 4.36. The molecule has 0 N–H and O–H groups in total. The Bertz CT molecular complexity index is 1190. The van der Waals surface area contributed by atoms with Crippen molar-refractivity contribution in [3.05, 3.63) is 75.5 Å². The smallest absolute Gasteiger partial charge is 0.246 e. The summed E-state index contributed by atoms with van der Waals surface area (Å²) in [6, 6.07) is 7.04. The van der Waals surface area contributed by atoms with E-state index in [1.807, 2.05) is 19.9 Å². The number of aromatic nitrogens is 2. The van der Waals surface area contributed by atoms with E-state index in [1.165, 1.54) is 19.1 Å². The number of fused-ring (bicyclic) bond motifs is 1. The summed E-state index contributed by atoms with van der Waals surface area (Å²) in [4.78, 5) is 16.4. The zero-order valence-corrected chi connectivity index (χ0v) is 20.3. The average Bonchev–Trinajstić information content (AvgIpc) is 3.34. The second-order valence-electron chi connectivity index (χ2n) is 8.24. The van der Waals surface area contributed by atoms with Crippen LogP contribution in [0.3, 0.4) is 0 Å².